The first kappa shape index (κ1) is 18.2. The number of amides is 1. The van der Waals surface area contributed by atoms with Gasteiger partial charge in [-0.25, -0.2) is 9.48 Å². The molecule has 0 atom stereocenters. The second-order valence-corrected chi connectivity index (χ2v) is 6.57. The lowest BCUT2D eigenvalue weighted by Gasteiger charge is -2.17. The zero-order valence-corrected chi connectivity index (χ0v) is 15.1. The van der Waals surface area contributed by atoms with Crippen LogP contribution in [-0.2, 0) is 11.3 Å². The number of nitrogens with zero attached hydrogens (tertiary/aromatic N) is 3. The van der Waals surface area contributed by atoms with Gasteiger partial charge in [0.05, 0.1) is 18.0 Å². The average Bonchev–Trinajstić information content (AvgIpc) is 3.00. The van der Waals surface area contributed by atoms with Gasteiger partial charge in [0.2, 0.25) is 0 Å². The van der Waals surface area contributed by atoms with E-state index in [9.17, 15) is 9.59 Å². The highest BCUT2D eigenvalue weighted by molar-refractivity contribution is 7.13. The number of rotatable bonds is 7. The molecule has 0 bridgehead atoms. The van der Waals surface area contributed by atoms with Crippen molar-refractivity contribution in [2.75, 3.05) is 20.2 Å². The van der Waals surface area contributed by atoms with Gasteiger partial charge in [0.1, 0.15) is 5.69 Å². The maximum absolute atomic E-state index is 12.0. The van der Waals surface area contributed by atoms with Crippen LogP contribution in [-0.4, -0.2) is 41.0 Å². The summed E-state index contributed by atoms with van der Waals surface area (Å²) in [5.74, 6) is 0. The van der Waals surface area contributed by atoms with E-state index in [1.165, 1.54) is 21.2 Å². The van der Waals surface area contributed by atoms with E-state index >= 15 is 0 Å². The minimum atomic E-state index is -0.374. The molecule has 0 aliphatic rings. The molecule has 7 heteroatoms. The topological polar surface area (TPSA) is 64.4 Å². The van der Waals surface area contributed by atoms with Crippen molar-refractivity contribution in [1.29, 1.82) is 0 Å². The summed E-state index contributed by atoms with van der Waals surface area (Å²) in [5, 5.41) is 6.45. The molecule has 0 aliphatic carbocycles. The van der Waals surface area contributed by atoms with Crippen molar-refractivity contribution in [1.82, 2.24) is 14.7 Å². The third-order valence-electron chi connectivity index (χ3n) is 3.53. The van der Waals surface area contributed by atoms with E-state index in [1.54, 1.807) is 24.5 Å². The van der Waals surface area contributed by atoms with Gasteiger partial charge < -0.3 is 9.64 Å². The van der Waals surface area contributed by atoms with Crippen LogP contribution >= 0.6 is 11.3 Å². The Labute approximate surface area is 145 Å². The Hall–Kier alpha value is -2.15. The first-order valence-electron chi connectivity index (χ1n) is 8.03. The van der Waals surface area contributed by atoms with Crippen molar-refractivity contribution < 1.29 is 9.53 Å². The number of likely N-dealkylation sites (N-methyl/N-ethyl adjacent to an activating group) is 1. The molecule has 2 rings (SSSR count). The fraction of sp³-hybridized carbons (Fsp3) is 0.471. The van der Waals surface area contributed by atoms with Crippen LogP contribution in [0.4, 0.5) is 4.79 Å². The lowest BCUT2D eigenvalue weighted by molar-refractivity contribution is 0.108. The van der Waals surface area contributed by atoms with Crippen LogP contribution in [0.25, 0.3) is 10.6 Å². The lowest BCUT2D eigenvalue weighted by Crippen LogP contribution is -2.34. The molecule has 1 amide bonds. The van der Waals surface area contributed by atoms with Crippen LogP contribution in [0.1, 0.15) is 25.3 Å². The highest BCUT2D eigenvalue weighted by atomic mass is 32.1. The number of carbonyl (C=O) groups is 1. The fourth-order valence-electron chi connectivity index (χ4n) is 2.06. The Morgan fingerprint density at radius 1 is 1.42 bits per heavy atom. The number of aromatic nitrogens is 2. The largest absolute Gasteiger partial charge is 0.449 e. The summed E-state index contributed by atoms with van der Waals surface area (Å²) >= 11 is 1.60. The highest BCUT2D eigenvalue weighted by Crippen LogP contribution is 2.24. The first-order valence-corrected chi connectivity index (χ1v) is 8.90. The summed E-state index contributed by atoms with van der Waals surface area (Å²) in [4.78, 5) is 26.3. The van der Waals surface area contributed by atoms with Crippen LogP contribution in [0.2, 0.25) is 0 Å². The third kappa shape index (κ3) is 4.92. The van der Waals surface area contributed by atoms with Crippen LogP contribution in [0, 0.1) is 6.92 Å². The number of carbonyl (C=O) groups excluding carboxylic acids is 1. The molecule has 0 saturated heterocycles. The zero-order valence-electron chi connectivity index (χ0n) is 14.3. The van der Waals surface area contributed by atoms with E-state index in [0.29, 0.717) is 19.7 Å². The quantitative estimate of drug-likeness (QED) is 0.720. The van der Waals surface area contributed by atoms with Gasteiger partial charge in [-0.2, -0.15) is 5.10 Å². The Bertz CT molecular complexity index is 739. The van der Waals surface area contributed by atoms with Crippen LogP contribution in [0.3, 0.4) is 0 Å². The monoisotopic (exact) mass is 349 g/mol. The predicted octanol–water partition coefficient (Wildman–Crippen LogP) is 3.15. The van der Waals surface area contributed by atoms with Gasteiger partial charge in [-0.15, -0.1) is 11.3 Å². The van der Waals surface area contributed by atoms with Gasteiger partial charge in [0.15, 0.2) is 0 Å². The summed E-state index contributed by atoms with van der Waals surface area (Å²) in [6, 6.07) is 5.28. The van der Waals surface area contributed by atoms with Crippen molar-refractivity contribution in [3.8, 4) is 10.6 Å². The summed E-state index contributed by atoms with van der Waals surface area (Å²) in [6.45, 7) is 5.18. The number of unbranched alkanes of at least 4 members (excludes halogenated alkanes) is 1. The van der Waals surface area contributed by atoms with Crippen LogP contribution in [0.5, 0.6) is 0 Å². The molecule has 0 aliphatic heterocycles. The van der Waals surface area contributed by atoms with Gasteiger partial charge in [-0.05, 0) is 36.4 Å². The van der Waals surface area contributed by atoms with E-state index in [0.717, 1.165) is 23.4 Å². The highest BCUT2D eigenvalue weighted by Gasteiger charge is 2.11. The standard InChI is InChI=1S/C17H23N3O3S/c1-4-5-10-23-17(22)19(3)8-9-20-16(21)7-6-14(18-20)15-11-13(2)12-24-15/h6-7,11-12H,4-5,8-10H2,1-3H3. The molecule has 0 radical (unpaired) electrons. The molecule has 0 fully saturated rings. The second kappa shape index (κ2) is 8.63. The van der Waals surface area contributed by atoms with Gasteiger partial charge in [0, 0.05) is 19.7 Å². The molecule has 0 saturated carbocycles. The van der Waals surface area contributed by atoms with E-state index in [2.05, 4.69) is 5.10 Å². The minimum absolute atomic E-state index is 0.181. The summed E-state index contributed by atoms with van der Waals surface area (Å²) in [6.07, 6.45) is 1.45. The molecule has 0 spiro atoms. The second-order valence-electron chi connectivity index (χ2n) is 5.66. The number of aryl methyl sites for hydroxylation is 1. The van der Waals surface area contributed by atoms with Crippen molar-refractivity contribution in [2.45, 2.75) is 33.2 Å². The van der Waals surface area contributed by atoms with Gasteiger partial charge >= 0.3 is 6.09 Å². The molecule has 130 valence electrons. The molecule has 0 aromatic carbocycles. The maximum Gasteiger partial charge on any atom is 0.409 e. The number of hydrogen-bond acceptors (Lipinski definition) is 5. The summed E-state index contributed by atoms with van der Waals surface area (Å²) < 4.78 is 6.53. The number of ether oxygens (including phenoxy) is 1. The average molecular weight is 349 g/mol. The SMILES string of the molecule is CCCCOC(=O)N(C)CCn1nc(-c2cc(C)cs2)ccc1=O. The zero-order chi connectivity index (χ0) is 17.5. The Morgan fingerprint density at radius 2 is 2.21 bits per heavy atom. The predicted molar refractivity (Wildman–Crippen MR) is 95.4 cm³/mol. The summed E-state index contributed by atoms with van der Waals surface area (Å²) in [5.41, 5.74) is 1.75. The Morgan fingerprint density at radius 3 is 2.88 bits per heavy atom. The lowest BCUT2D eigenvalue weighted by atomic mass is 10.3. The smallest absolute Gasteiger partial charge is 0.409 e. The maximum atomic E-state index is 12.0. The molecule has 2 aromatic rings. The molecule has 0 unspecified atom stereocenters. The van der Waals surface area contributed by atoms with E-state index < -0.39 is 0 Å². The van der Waals surface area contributed by atoms with Gasteiger partial charge in [-0.3, -0.25) is 4.79 Å². The molecule has 24 heavy (non-hydrogen) atoms. The summed E-state index contributed by atoms with van der Waals surface area (Å²) in [7, 11) is 1.66. The molecular weight excluding hydrogens is 326 g/mol. The molecule has 0 N–H and O–H groups in total. The number of thiophene rings is 1. The van der Waals surface area contributed by atoms with E-state index in [-0.39, 0.29) is 11.7 Å². The van der Waals surface area contributed by atoms with Gasteiger partial charge in [-0.1, -0.05) is 13.3 Å². The first-order chi connectivity index (χ1) is 11.5. The van der Waals surface area contributed by atoms with Crippen molar-refractivity contribution in [3.63, 3.8) is 0 Å². The number of hydrogen-bond donors (Lipinski definition) is 0. The Balaban J connectivity index is 1.99. The van der Waals surface area contributed by atoms with E-state index in [4.69, 9.17) is 4.74 Å². The normalized spacial score (nSPS) is 10.6. The van der Waals surface area contributed by atoms with Crippen molar-refractivity contribution in [3.05, 3.63) is 39.5 Å². The molecule has 6 nitrogen and oxygen atoms in total. The van der Waals surface area contributed by atoms with Gasteiger partial charge in [0.25, 0.3) is 5.56 Å². The minimum Gasteiger partial charge on any atom is -0.449 e. The van der Waals surface area contributed by atoms with Crippen LogP contribution < -0.4 is 5.56 Å². The fourth-order valence-corrected chi connectivity index (χ4v) is 2.92. The molecule has 2 aromatic heterocycles. The molecular formula is C17H23N3O3S. The van der Waals surface area contributed by atoms with Crippen molar-refractivity contribution >= 4 is 17.4 Å². The molecule has 2 heterocycles. The Kier molecular flexibility index (Phi) is 6.54. The van der Waals surface area contributed by atoms with E-state index in [1.807, 2.05) is 25.3 Å². The van der Waals surface area contributed by atoms with Crippen molar-refractivity contribution in [2.24, 2.45) is 0 Å². The van der Waals surface area contributed by atoms with Crippen LogP contribution in [0.15, 0.2) is 28.4 Å². The third-order valence-corrected chi connectivity index (χ3v) is 4.60.